The Bertz CT molecular complexity index is 416. The molecule has 0 unspecified atom stereocenters. The second-order valence-electron chi connectivity index (χ2n) is 3.94. The van der Waals surface area contributed by atoms with Crippen molar-refractivity contribution in [1.82, 2.24) is 4.90 Å². The van der Waals surface area contributed by atoms with Gasteiger partial charge in [0.1, 0.15) is 11.6 Å². The highest BCUT2D eigenvalue weighted by Crippen LogP contribution is 2.19. The van der Waals surface area contributed by atoms with Gasteiger partial charge >= 0.3 is 0 Å². The smallest absolute Gasteiger partial charge is 0.256 e. The van der Waals surface area contributed by atoms with Gasteiger partial charge in [-0.15, -0.1) is 0 Å². The lowest BCUT2D eigenvalue weighted by Crippen LogP contribution is -2.52. The van der Waals surface area contributed by atoms with Gasteiger partial charge in [-0.2, -0.15) is 0 Å². The molecule has 0 aliphatic carbocycles. The Kier molecular flexibility index (Phi) is 2.87. The second-order valence-corrected chi connectivity index (χ2v) is 3.94. The third-order valence-corrected chi connectivity index (χ3v) is 2.74. The van der Waals surface area contributed by atoms with Gasteiger partial charge in [0.15, 0.2) is 0 Å². The van der Waals surface area contributed by atoms with Gasteiger partial charge in [-0.25, -0.2) is 8.78 Å². The number of nitrogens with zero attached hydrogens (tertiary/aromatic N) is 1. The SMILES string of the molecule is NCC1CN(C(=O)c2cc(F)ccc2F)C1. The average Bonchev–Trinajstić information content (AvgIpc) is 2.20. The van der Waals surface area contributed by atoms with Crippen LogP contribution < -0.4 is 5.73 Å². The summed E-state index contributed by atoms with van der Waals surface area (Å²) in [6, 6.07) is 2.88. The number of carbonyl (C=O) groups is 1. The Balaban J connectivity index is 2.13. The van der Waals surface area contributed by atoms with Gasteiger partial charge in [-0.1, -0.05) is 0 Å². The van der Waals surface area contributed by atoms with Crippen LogP contribution in [0.4, 0.5) is 8.78 Å². The van der Waals surface area contributed by atoms with Gasteiger partial charge in [0.25, 0.3) is 5.91 Å². The molecule has 1 aromatic rings. The van der Waals surface area contributed by atoms with Crippen LogP contribution in [0.25, 0.3) is 0 Å². The van der Waals surface area contributed by atoms with E-state index in [1.165, 1.54) is 4.90 Å². The second kappa shape index (κ2) is 4.17. The van der Waals surface area contributed by atoms with E-state index >= 15 is 0 Å². The molecule has 1 aliphatic heterocycles. The fourth-order valence-corrected chi connectivity index (χ4v) is 1.72. The van der Waals surface area contributed by atoms with E-state index in [9.17, 15) is 13.6 Å². The fraction of sp³-hybridized carbons (Fsp3) is 0.364. The first kappa shape index (κ1) is 11.0. The number of nitrogens with two attached hydrogens (primary N) is 1. The van der Waals surface area contributed by atoms with Crippen molar-refractivity contribution in [2.24, 2.45) is 11.7 Å². The Labute approximate surface area is 91.8 Å². The maximum atomic E-state index is 13.3. The predicted octanol–water partition coefficient (Wildman–Crippen LogP) is 0.996. The van der Waals surface area contributed by atoms with E-state index < -0.39 is 17.5 Å². The van der Waals surface area contributed by atoms with Crippen LogP contribution in [0.5, 0.6) is 0 Å². The molecule has 1 saturated heterocycles. The average molecular weight is 226 g/mol. The molecule has 0 spiro atoms. The van der Waals surface area contributed by atoms with E-state index in [0.717, 1.165) is 18.2 Å². The van der Waals surface area contributed by atoms with Gasteiger partial charge in [-0.3, -0.25) is 4.79 Å². The maximum Gasteiger partial charge on any atom is 0.256 e. The lowest BCUT2D eigenvalue weighted by atomic mass is 9.99. The standard InChI is InChI=1S/C11H12F2N2O/c12-8-1-2-10(13)9(3-8)11(16)15-5-7(4-14)6-15/h1-3,7H,4-6,14H2. The third kappa shape index (κ3) is 1.90. The lowest BCUT2D eigenvalue weighted by molar-refractivity contribution is 0.0510. The Morgan fingerprint density at radius 1 is 1.44 bits per heavy atom. The van der Waals surface area contributed by atoms with Gasteiger partial charge in [-0.05, 0) is 24.7 Å². The normalized spacial score (nSPS) is 16.1. The zero-order valence-electron chi connectivity index (χ0n) is 8.62. The van der Waals surface area contributed by atoms with Crippen molar-refractivity contribution in [2.45, 2.75) is 0 Å². The van der Waals surface area contributed by atoms with E-state index in [4.69, 9.17) is 5.73 Å². The molecule has 1 aliphatic rings. The minimum Gasteiger partial charge on any atom is -0.338 e. The molecular formula is C11H12F2N2O. The van der Waals surface area contributed by atoms with E-state index in [-0.39, 0.29) is 11.5 Å². The summed E-state index contributed by atoms with van der Waals surface area (Å²) < 4.78 is 26.2. The number of halogens is 2. The highest BCUT2D eigenvalue weighted by atomic mass is 19.1. The fourth-order valence-electron chi connectivity index (χ4n) is 1.72. The van der Waals surface area contributed by atoms with Crippen molar-refractivity contribution in [3.8, 4) is 0 Å². The van der Waals surface area contributed by atoms with Gasteiger partial charge in [0, 0.05) is 19.0 Å². The van der Waals surface area contributed by atoms with Crippen molar-refractivity contribution < 1.29 is 13.6 Å². The first-order valence-electron chi connectivity index (χ1n) is 5.06. The Hall–Kier alpha value is -1.49. The lowest BCUT2D eigenvalue weighted by Gasteiger charge is -2.38. The zero-order chi connectivity index (χ0) is 11.7. The number of hydrogen-bond acceptors (Lipinski definition) is 2. The molecule has 1 aromatic carbocycles. The van der Waals surface area contributed by atoms with Crippen molar-refractivity contribution in [3.63, 3.8) is 0 Å². The molecule has 1 amide bonds. The Morgan fingerprint density at radius 2 is 2.12 bits per heavy atom. The number of amides is 1. The summed E-state index contributed by atoms with van der Waals surface area (Å²) in [7, 11) is 0. The van der Waals surface area contributed by atoms with Crippen molar-refractivity contribution in [2.75, 3.05) is 19.6 Å². The summed E-state index contributed by atoms with van der Waals surface area (Å²) in [6.45, 7) is 1.55. The van der Waals surface area contributed by atoms with E-state index in [1.54, 1.807) is 0 Å². The topological polar surface area (TPSA) is 46.3 Å². The number of benzene rings is 1. The molecule has 0 atom stereocenters. The van der Waals surface area contributed by atoms with Gasteiger partial charge in [0.2, 0.25) is 0 Å². The summed E-state index contributed by atoms with van der Waals surface area (Å²) in [5.41, 5.74) is 5.20. The van der Waals surface area contributed by atoms with Crippen LogP contribution in [-0.2, 0) is 0 Å². The summed E-state index contributed by atoms with van der Waals surface area (Å²) in [5, 5.41) is 0. The van der Waals surface area contributed by atoms with Crippen LogP contribution in [-0.4, -0.2) is 30.4 Å². The molecule has 2 rings (SSSR count). The van der Waals surface area contributed by atoms with Crippen LogP contribution in [0, 0.1) is 17.6 Å². The molecule has 0 saturated carbocycles. The summed E-state index contributed by atoms with van der Waals surface area (Å²) in [5.74, 6) is -1.49. The van der Waals surface area contributed by atoms with Crippen LogP contribution >= 0.6 is 0 Å². The Morgan fingerprint density at radius 3 is 2.75 bits per heavy atom. The number of carbonyl (C=O) groups excluding carboxylic acids is 1. The van der Waals surface area contributed by atoms with E-state index in [1.807, 2.05) is 0 Å². The van der Waals surface area contributed by atoms with Crippen molar-refractivity contribution in [3.05, 3.63) is 35.4 Å². The molecule has 0 bridgehead atoms. The molecule has 86 valence electrons. The van der Waals surface area contributed by atoms with Crippen molar-refractivity contribution >= 4 is 5.91 Å². The number of hydrogen-bond donors (Lipinski definition) is 1. The third-order valence-electron chi connectivity index (χ3n) is 2.74. The quantitative estimate of drug-likeness (QED) is 0.817. The van der Waals surface area contributed by atoms with E-state index in [0.29, 0.717) is 19.6 Å². The maximum absolute atomic E-state index is 13.3. The van der Waals surface area contributed by atoms with E-state index in [2.05, 4.69) is 0 Å². The molecule has 16 heavy (non-hydrogen) atoms. The van der Waals surface area contributed by atoms with Crippen molar-refractivity contribution in [1.29, 1.82) is 0 Å². The molecular weight excluding hydrogens is 214 g/mol. The largest absolute Gasteiger partial charge is 0.338 e. The molecule has 3 nitrogen and oxygen atoms in total. The zero-order valence-corrected chi connectivity index (χ0v) is 8.62. The number of rotatable bonds is 2. The van der Waals surface area contributed by atoms with Crippen LogP contribution in [0.3, 0.4) is 0 Å². The minimum absolute atomic E-state index is 0.213. The molecule has 1 heterocycles. The summed E-state index contributed by atoms with van der Waals surface area (Å²) in [4.78, 5) is 13.2. The summed E-state index contributed by atoms with van der Waals surface area (Å²) in [6.07, 6.45) is 0. The minimum atomic E-state index is -0.692. The monoisotopic (exact) mass is 226 g/mol. The first-order chi connectivity index (χ1) is 7.61. The van der Waals surface area contributed by atoms with Gasteiger partial charge < -0.3 is 10.6 Å². The first-order valence-corrected chi connectivity index (χ1v) is 5.06. The molecule has 1 fully saturated rings. The van der Waals surface area contributed by atoms with Crippen LogP contribution in [0.1, 0.15) is 10.4 Å². The highest BCUT2D eigenvalue weighted by Gasteiger charge is 2.31. The number of likely N-dealkylation sites (tertiary alicyclic amines) is 1. The van der Waals surface area contributed by atoms with Gasteiger partial charge in [0.05, 0.1) is 5.56 Å². The molecule has 2 N–H and O–H groups in total. The summed E-state index contributed by atoms with van der Waals surface area (Å²) >= 11 is 0. The molecule has 5 heteroatoms. The molecule has 0 radical (unpaired) electrons. The van der Waals surface area contributed by atoms with Crippen LogP contribution in [0.2, 0.25) is 0 Å². The predicted molar refractivity (Wildman–Crippen MR) is 54.8 cm³/mol. The van der Waals surface area contributed by atoms with Crippen LogP contribution in [0.15, 0.2) is 18.2 Å². The highest BCUT2D eigenvalue weighted by molar-refractivity contribution is 5.95. The molecule has 0 aromatic heterocycles.